The van der Waals surface area contributed by atoms with Gasteiger partial charge in [0.15, 0.2) is 5.11 Å². The molecular formula is C22H30ClN3S2. The average molecular weight is 436 g/mol. The molecule has 6 heteroatoms. The van der Waals surface area contributed by atoms with Gasteiger partial charge in [-0.05, 0) is 92.6 Å². The van der Waals surface area contributed by atoms with Crippen molar-refractivity contribution >= 4 is 46.0 Å². The van der Waals surface area contributed by atoms with E-state index in [1.54, 1.807) is 11.3 Å². The number of thiocarbonyl (C=S) groups is 1. The smallest absolute Gasteiger partial charge is 0.173 e. The Balaban J connectivity index is 1.58. The third-order valence-corrected chi connectivity index (χ3v) is 6.91. The Morgan fingerprint density at radius 1 is 1.39 bits per heavy atom. The van der Waals surface area contributed by atoms with Crippen LogP contribution in [0, 0.1) is 12.8 Å². The van der Waals surface area contributed by atoms with E-state index >= 15 is 0 Å². The van der Waals surface area contributed by atoms with Gasteiger partial charge in [0.1, 0.15) is 0 Å². The predicted molar refractivity (Wildman–Crippen MR) is 127 cm³/mol. The Morgan fingerprint density at radius 2 is 2.25 bits per heavy atom. The summed E-state index contributed by atoms with van der Waals surface area (Å²) in [5.41, 5.74) is 2.05. The summed E-state index contributed by atoms with van der Waals surface area (Å²) in [7, 11) is 0. The van der Waals surface area contributed by atoms with Crippen LogP contribution in [-0.2, 0) is 6.54 Å². The van der Waals surface area contributed by atoms with Crippen LogP contribution in [0.25, 0.3) is 0 Å². The van der Waals surface area contributed by atoms with Gasteiger partial charge < -0.3 is 15.1 Å². The number of likely N-dealkylation sites (tertiary alicyclic amines) is 1. The second-order valence-electron chi connectivity index (χ2n) is 7.80. The first-order valence-electron chi connectivity index (χ1n) is 10.1. The van der Waals surface area contributed by atoms with Gasteiger partial charge in [0.2, 0.25) is 0 Å². The van der Waals surface area contributed by atoms with Crippen molar-refractivity contribution in [1.29, 1.82) is 0 Å². The highest BCUT2D eigenvalue weighted by Gasteiger charge is 2.17. The van der Waals surface area contributed by atoms with Crippen molar-refractivity contribution in [2.24, 2.45) is 5.92 Å². The topological polar surface area (TPSA) is 18.5 Å². The van der Waals surface area contributed by atoms with Crippen molar-refractivity contribution in [3.8, 4) is 0 Å². The maximum atomic E-state index is 6.15. The van der Waals surface area contributed by atoms with Gasteiger partial charge in [-0.15, -0.1) is 11.3 Å². The minimum absolute atomic E-state index is 0.780. The van der Waals surface area contributed by atoms with Crippen LogP contribution in [0.5, 0.6) is 0 Å². The lowest BCUT2D eigenvalue weighted by molar-refractivity contribution is 0.177. The molecule has 1 atom stereocenters. The molecule has 152 valence electrons. The number of rotatable bonds is 7. The molecule has 1 saturated heterocycles. The number of piperidine rings is 1. The van der Waals surface area contributed by atoms with Gasteiger partial charge in [-0.25, -0.2) is 0 Å². The van der Waals surface area contributed by atoms with Gasteiger partial charge in [-0.3, -0.25) is 0 Å². The number of aryl methyl sites for hydroxylation is 1. The summed E-state index contributed by atoms with van der Waals surface area (Å²) in [5.74, 6) is 0.826. The Bertz CT molecular complexity index is 763. The lowest BCUT2D eigenvalue weighted by atomic mass is 10.0. The van der Waals surface area contributed by atoms with Crippen molar-refractivity contribution in [2.45, 2.75) is 39.7 Å². The zero-order valence-corrected chi connectivity index (χ0v) is 19.2. The highest BCUT2D eigenvalue weighted by Crippen LogP contribution is 2.21. The summed E-state index contributed by atoms with van der Waals surface area (Å²) in [6.45, 7) is 9.81. The van der Waals surface area contributed by atoms with Crippen LogP contribution in [-0.4, -0.2) is 41.1 Å². The van der Waals surface area contributed by atoms with Gasteiger partial charge >= 0.3 is 0 Å². The molecule has 2 heterocycles. The van der Waals surface area contributed by atoms with Crippen molar-refractivity contribution in [3.05, 3.63) is 51.2 Å². The molecule has 0 spiro atoms. The summed E-state index contributed by atoms with van der Waals surface area (Å²) in [4.78, 5) is 6.23. The van der Waals surface area contributed by atoms with Crippen LogP contribution >= 0.6 is 35.2 Å². The molecule has 0 amide bonds. The summed E-state index contributed by atoms with van der Waals surface area (Å²) >= 11 is 13.7. The molecule has 3 rings (SSSR count). The fourth-order valence-corrected chi connectivity index (χ4v) is 4.85. The number of hydrogen-bond acceptors (Lipinski definition) is 3. The quantitative estimate of drug-likeness (QED) is 0.535. The van der Waals surface area contributed by atoms with Crippen LogP contribution in [0.1, 0.15) is 36.6 Å². The molecule has 2 aromatic rings. The first-order chi connectivity index (χ1) is 13.5. The Labute approximate surface area is 183 Å². The standard InChI is InChI=1S/C22H30ClN3S2/c1-17-6-3-10-25(15-17)11-5-12-26(16-20-7-4-13-28-20)22(27)24-19-8-9-21(23)18(2)14-19/h4,7-9,13-14,17H,3,5-6,10-12,15-16H2,1-2H3,(H,24,27)/t17-/m1/s1. The Hall–Kier alpha value is -1.14. The fraction of sp³-hybridized carbons (Fsp3) is 0.500. The molecule has 28 heavy (non-hydrogen) atoms. The van der Waals surface area contributed by atoms with Gasteiger partial charge in [0.05, 0.1) is 6.54 Å². The molecule has 1 fully saturated rings. The lowest BCUT2D eigenvalue weighted by Gasteiger charge is -2.32. The third kappa shape index (κ3) is 6.45. The molecule has 0 bridgehead atoms. The van der Waals surface area contributed by atoms with Gasteiger partial charge in [-0.2, -0.15) is 0 Å². The van der Waals surface area contributed by atoms with Gasteiger partial charge in [0.25, 0.3) is 0 Å². The SMILES string of the molecule is Cc1cc(NC(=S)N(CCCN2CCC[C@@H](C)C2)Cc2cccs2)ccc1Cl. The van der Waals surface area contributed by atoms with E-state index in [9.17, 15) is 0 Å². The van der Waals surface area contributed by atoms with Crippen molar-refractivity contribution in [3.63, 3.8) is 0 Å². The minimum Gasteiger partial charge on any atom is -0.344 e. The molecule has 1 N–H and O–H groups in total. The van der Waals surface area contributed by atoms with E-state index in [4.69, 9.17) is 23.8 Å². The maximum absolute atomic E-state index is 6.15. The maximum Gasteiger partial charge on any atom is 0.173 e. The second-order valence-corrected chi connectivity index (χ2v) is 9.62. The number of hydrogen-bond donors (Lipinski definition) is 1. The Morgan fingerprint density at radius 3 is 2.96 bits per heavy atom. The van der Waals surface area contributed by atoms with E-state index in [2.05, 4.69) is 39.6 Å². The van der Waals surface area contributed by atoms with E-state index in [1.807, 2.05) is 25.1 Å². The second kappa shape index (κ2) is 10.6. The first kappa shape index (κ1) is 21.6. The van der Waals surface area contributed by atoms with E-state index < -0.39 is 0 Å². The van der Waals surface area contributed by atoms with E-state index in [-0.39, 0.29) is 0 Å². The molecule has 0 saturated carbocycles. The Kier molecular flexibility index (Phi) is 8.15. The zero-order valence-electron chi connectivity index (χ0n) is 16.8. The van der Waals surface area contributed by atoms with E-state index in [0.29, 0.717) is 0 Å². The predicted octanol–water partition coefficient (Wildman–Crippen LogP) is 6.03. The molecule has 3 nitrogen and oxygen atoms in total. The van der Waals surface area contributed by atoms with Crippen LogP contribution in [0.4, 0.5) is 5.69 Å². The number of nitrogens with one attached hydrogen (secondary N) is 1. The minimum atomic E-state index is 0.780. The van der Waals surface area contributed by atoms with Gasteiger partial charge in [0, 0.05) is 28.7 Å². The zero-order chi connectivity index (χ0) is 19.9. The molecule has 0 unspecified atom stereocenters. The third-order valence-electron chi connectivity index (χ3n) is 5.27. The highest BCUT2D eigenvalue weighted by atomic mass is 35.5. The van der Waals surface area contributed by atoms with Crippen LogP contribution in [0.3, 0.4) is 0 Å². The fourth-order valence-electron chi connectivity index (χ4n) is 3.74. The van der Waals surface area contributed by atoms with Crippen LogP contribution in [0.2, 0.25) is 5.02 Å². The number of nitrogens with zero attached hydrogens (tertiary/aromatic N) is 2. The molecular weight excluding hydrogens is 406 g/mol. The molecule has 1 aromatic heterocycles. The molecule has 1 aliphatic rings. The first-order valence-corrected chi connectivity index (χ1v) is 11.7. The summed E-state index contributed by atoms with van der Waals surface area (Å²) in [5, 5.41) is 7.09. The summed E-state index contributed by atoms with van der Waals surface area (Å²) < 4.78 is 0. The molecule has 0 aliphatic carbocycles. The van der Waals surface area contributed by atoms with Gasteiger partial charge in [-0.1, -0.05) is 24.6 Å². The number of thiophene rings is 1. The molecule has 1 aliphatic heterocycles. The van der Waals surface area contributed by atoms with Crippen molar-refractivity contribution < 1.29 is 0 Å². The van der Waals surface area contributed by atoms with Crippen molar-refractivity contribution in [1.82, 2.24) is 9.80 Å². The normalized spacial score (nSPS) is 17.5. The number of benzene rings is 1. The van der Waals surface area contributed by atoms with E-state index in [0.717, 1.165) is 53.4 Å². The lowest BCUT2D eigenvalue weighted by Crippen LogP contribution is -2.39. The van der Waals surface area contributed by atoms with Crippen LogP contribution < -0.4 is 5.32 Å². The molecule has 0 radical (unpaired) electrons. The van der Waals surface area contributed by atoms with Crippen molar-refractivity contribution in [2.75, 3.05) is 31.5 Å². The number of halogens is 1. The highest BCUT2D eigenvalue weighted by molar-refractivity contribution is 7.80. The summed E-state index contributed by atoms with van der Waals surface area (Å²) in [6.07, 6.45) is 3.82. The van der Waals surface area contributed by atoms with Crippen LogP contribution in [0.15, 0.2) is 35.7 Å². The van der Waals surface area contributed by atoms with E-state index in [1.165, 1.54) is 30.8 Å². The monoisotopic (exact) mass is 435 g/mol. The molecule has 1 aromatic carbocycles. The largest absolute Gasteiger partial charge is 0.344 e. The summed E-state index contributed by atoms with van der Waals surface area (Å²) in [6, 6.07) is 10.2. The average Bonchev–Trinajstić information content (AvgIpc) is 3.17. The number of anilines is 1.